The predicted octanol–water partition coefficient (Wildman–Crippen LogP) is 3.61. The number of ether oxygens (including phenoxy) is 1. The van der Waals surface area contributed by atoms with Gasteiger partial charge in [0.2, 0.25) is 5.05 Å². The van der Waals surface area contributed by atoms with Crippen molar-refractivity contribution in [1.82, 2.24) is 9.97 Å². The molecular formula is C15H15FN2OS. The van der Waals surface area contributed by atoms with Crippen molar-refractivity contribution in [2.24, 2.45) is 0 Å². The number of aromatic nitrogens is 2. The molecular weight excluding hydrogens is 275 g/mol. The lowest BCUT2D eigenvalue weighted by atomic mass is 10.0. The molecule has 3 nitrogen and oxygen atoms in total. The van der Waals surface area contributed by atoms with Crippen LogP contribution in [0.25, 0.3) is 11.1 Å². The summed E-state index contributed by atoms with van der Waals surface area (Å²) in [5.41, 5.74) is 2.98. The molecule has 0 saturated carbocycles. The van der Waals surface area contributed by atoms with E-state index in [0.717, 1.165) is 16.7 Å². The van der Waals surface area contributed by atoms with E-state index in [1.165, 1.54) is 12.1 Å². The zero-order valence-corrected chi connectivity index (χ0v) is 12.4. The zero-order valence-electron chi connectivity index (χ0n) is 11.6. The summed E-state index contributed by atoms with van der Waals surface area (Å²) >= 11 is 5.25. The van der Waals surface area contributed by atoms with Gasteiger partial charge in [0.25, 0.3) is 0 Å². The molecule has 1 aromatic carbocycles. The van der Waals surface area contributed by atoms with Gasteiger partial charge in [-0.15, -0.1) is 0 Å². The van der Waals surface area contributed by atoms with Crippen molar-refractivity contribution >= 4 is 17.3 Å². The van der Waals surface area contributed by atoms with E-state index < -0.39 is 0 Å². The van der Waals surface area contributed by atoms with Gasteiger partial charge in [-0.1, -0.05) is 6.07 Å². The van der Waals surface area contributed by atoms with Crippen molar-refractivity contribution in [3.63, 3.8) is 0 Å². The molecule has 0 fully saturated rings. The first-order valence-corrected chi connectivity index (χ1v) is 6.71. The van der Waals surface area contributed by atoms with Crippen LogP contribution in [0.1, 0.15) is 24.0 Å². The van der Waals surface area contributed by atoms with Crippen LogP contribution in [-0.4, -0.2) is 21.6 Å². The van der Waals surface area contributed by atoms with Gasteiger partial charge in [-0.25, -0.2) is 14.4 Å². The lowest BCUT2D eigenvalue weighted by Crippen LogP contribution is -2.10. The first-order valence-electron chi connectivity index (χ1n) is 6.30. The number of benzene rings is 1. The second-order valence-electron chi connectivity index (χ2n) is 4.36. The van der Waals surface area contributed by atoms with Crippen molar-refractivity contribution in [3.05, 3.63) is 47.3 Å². The van der Waals surface area contributed by atoms with Crippen molar-refractivity contribution in [3.8, 4) is 11.1 Å². The molecule has 0 atom stereocenters. The third kappa shape index (κ3) is 2.99. The lowest BCUT2D eigenvalue weighted by molar-refractivity contribution is 0.336. The van der Waals surface area contributed by atoms with E-state index in [-0.39, 0.29) is 5.82 Å². The largest absolute Gasteiger partial charge is 0.482 e. The normalized spacial score (nSPS) is 10.4. The third-order valence-corrected chi connectivity index (χ3v) is 3.17. The summed E-state index contributed by atoms with van der Waals surface area (Å²) in [5.74, 6) is 0.346. The Kier molecular flexibility index (Phi) is 4.39. The molecule has 0 N–H and O–H groups in total. The highest BCUT2D eigenvalue weighted by molar-refractivity contribution is 7.80. The summed E-state index contributed by atoms with van der Waals surface area (Å²) in [6.45, 7) is 5.97. The van der Waals surface area contributed by atoms with Gasteiger partial charge in [-0.05, 0) is 56.2 Å². The van der Waals surface area contributed by atoms with E-state index in [1.54, 1.807) is 19.2 Å². The second-order valence-corrected chi connectivity index (χ2v) is 4.73. The maximum absolute atomic E-state index is 13.2. The highest BCUT2D eigenvalue weighted by Crippen LogP contribution is 2.26. The van der Waals surface area contributed by atoms with E-state index in [0.29, 0.717) is 23.2 Å². The summed E-state index contributed by atoms with van der Waals surface area (Å²) in [6, 6.07) is 4.59. The van der Waals surface area contributed by atoms with E-state index >= 15 is 0 Å². The molecule has 0 spiro atoms. The van der Waals surface area contributed by atoms with Crippen LogP contribution in [0.15, 0.2) is 24.4 Å². The van der Waals surface area contributed by atoms with Crippen molar-refractivity contribution in [2.75, 3.05) is 6.61 Å². The molecule has 1 heterocycles. The minimum Gasteiger partial charge on any atom is -0.482 e. The number of rotatable bonds is 3. The number of halogens is 1. The monoisotopic (exact) mass is 290 g/mol. The minimum absolute atomic E-state index is 0.270. The van der Waals surface area contributed by atoms with Crippen LogP contribution in [0.3, 0.4) is 0 Å². The van der Waals surface area contributed by atoms with Crippen LogP contribution in [0.4, 0.5) is 4.39 Å². The van der Waals surface area contributed by atoms with Crippen LogP contribution in [0.2, 0.25) is 0 Å². The Morgan fingerprint density at radius 2 is 2.05 bits per heavy atom. The molecule has 0 aliphatic rings. The second kappa shape index (κ2) is 6.05. The van der Waals surface area contributed by atoms with E-state index in [9.17, 15) is 4.39 Å². The molecule has 5 heteroatoms. The topological polar surface area (TPSA) is 35.0 Å². The molecule has 0 unspecified atom stereocenters. The Morgan fingerprint density at radius 1 is 1.30 bits per heavy atom. The third-order valence-electron chi connectivity index (χ3n) is 2.86. The Morgan fingerprint density at radius 3 is 2.70 bits per heavy atom. The summed E-state index contributed by atoms with van der Waals surface area (Å²) in [6.07, 6.45) is 1.70. The Bertz CT molecular complexity index is 658. The molecule has 0 bridgehead atoms. The van der Waals surface area contributed by atoms with Gasteiger partial charge in [0.05, 0.1) is 6.61 Å². The van der Waals surface area contributed by atoms with Crippen LogP contribution in [-0.2, 0) is 4.74 Å². The highest BCUT2D eigenvalue weighted by Gasteiger charge is 2.15. The fraction of sp³-hybridized carbons (Fsp3) is 0.267. The Labute approximate surface area is 122 Å². The molecule has 0 radical (unpaired) electrons. The molecule has 0 saturated heterocycles. The molecule has 2 rings (SSSR count). The Balaban J connectivity index is 2.58. The highest BCUT2D eigenvalue weighted by atomic mass is 32.1. The van der Waals surface area contributed by atoms with Gasteiger partial charge in [0.1, 0.15) is 17.3 Å². The molecule has 2 aromatic rings. The van der Waals surface area contributed by atoms with Gasteiger partial charge < -0.3 is 4.74 Å². The average molecular weight is 290 g/mol. The smallest absolute Gasteiger partial charge is 0.210 e. The number of hydrogen-bond acceptors (Lipinski definition) is 4. The SMILES string of the molecule is CCOC(=S)c1nc(C)ncc1-c1ccc(F)cc1C. The maximum atomic E-state index is 13.2. The molecule has 104 valence electrons. The summed E-state index contributed by atoms with van der Waals surface area (Å²) in [7, 11) is 0. The van der Waals surface area contributed by atoms with Gasteiger partial charge in [-0.2, -0.15) is 0 Å². The number of thiocarbonyl (C=S) groups is 1. The van der Waals surface area contributed by atoms with Gasteiger partial charge in [0, 0.05) is 11.8 Å². The molecule has 0 amide bonds. The first kappa shape index (κ1) is 14.5. The molecule has 1 aromatic heterocycles. The summed E-state index contributed by atoms with van der Waals surface area (Å²) in [4.78, 5) is 8.56. The predicted molar refractivity (Wildman–Crippen MR) is 80.2 cm³/mol. The van der Waals surface area contributed by atoms with Crippen LogP contribution in [0.5, 0.6) is 0 Å². The summed E-state index contributed by atoms with van der Waals surface area (Å²) < 4.78 is 18.6. The minimum atomic E-state index is -0.270. The average Bonchev–Trinajstić information content (AvgIpc) is 2.39. The van der Waals surface area contributed by atoms with Gasteiger partial charge in [-0.3, -0.25) is 0 Å². The van der Waals surface area contributed by atoms with Crippen molar-refractivity contribution in [2.45, 2.75) is 20.8 Å². The van der Waals surface area contributed by atoms with E-state index in [4.69, 9.17) is 17.0 Å². The number of hydrogen-bond donors (Lipinski definition) is 0. The fourth-order valence-corrected chi connectivity index (χ4v) is 2.22. The quantitative estimate of drug-likeness (QED) is 0.809. The standard InChI is InChI=1S/C15H15FN2OS/c1-4-19-15(20)14-13(8-17-10(3)18-14)12-6-5-11(16)7-9(12)2/h5-8H,4H2,1-3H3. The molecule has 0 aliphatic heterocycles. The van der Waals surface area contributed by atoms with Gasteiger partial charge >= 0.3 is 0 Å². The van der Waals surface area contributed by atoms with E-state index in [2.05, 4.69) is 9.97 Å². The first-order chi connectivity index (χ1) is 9.52. The molecule has 20 heavy (non-hydrogen) atoms. The lowest BCUT2D eigenvalue weighted by Gasteiger charge is -2.12. The van der Waals surface area contributed by atoms with E-state index in [1.807, 2.05) is 13.8 Å². The van der Waals surface area contributed by atoms with Crippen LogP contribution >= 0.6 is 12.2 Å². The fourth-order valence-electron chi connectivity index (χ4n) is 1.95. The van der Waals surface area contributed by atoms with Crippen LogP contribution in [0, 0.1) is 19.7 Å². The Hall–Kier alpha value is -1.88. The van der Waals surface area contributed by atoms with Crippen LogP contribution < -0.4 is 0 Å². The van der Waals surface area contributed by atoms with Crippen molar-refractivity contribution < 1.29 is 9.13 Å². The number of nitrogens with zero attached hydrogens (tertiary/aromatic N) is 2. The van der Waals surface area contributed by atoms with Crippen molar-refractivity contribution in [1.29, 1.82) is 0 Å². The number of aryl methyl sites for hydroxylation is 2. The summed E-state index contributed by atoms with van der Waals surface area (Å²) in [5, 5.41) is 0.330. The molecule has 0 aliphatic carbocycles. The maximum Gasteiger partial charge on any atom is 0.210 e. The zero-order chi connectivity index (χ0) is 14.7. The van der Waals surface area contributed by atoms with Gasteiger partial charge in [0.15, 0.2) is 0 Å².